The van der Waals surface area contributed by atoms with Crippen molar-refractivity contribution >= 4 is 11.3 Å². The molecular weight excluding hydrogens is 256 g/mol. The molecule has 1 unspecified atom stereocenters. The van der Waals surface area contributed by atoms with Crippen LogP contribution >= 0.6 is 11.3 Å². The molecule has 0 amide bonds. The van der Waals surface area contributed by atoms with E-state index in [1.165, 1.54) is 16.0 Å². The summed E-state index contributed by atoms with van der Waals surface area (Å²) in [4.78, 5) is 1.33. The maximum absolute atomic E-state index is 5.68. The van der Waals surface area contributed by atoms with E-state index in [2.05, 4.69) is 35.9 Å². The molecule has 2 rings (SSSR count). The van der Waals surface area contributed by atoms with Crippen LogP contribution in [0.1, 0.15) is 28.5 Å². The van der Waals surface area contributed by atoms with Crippen LogP contribution in [0.2, 0.25) is 0 Å². The Labute approximate surface area is 118 Å². The fourth-order valence-corrected chi connectivity index (χ4v) is 2.95. The fraction of sp³-hybridized carbons (Fsp3) is 0.333. The van der Waals surface area contributed by atoms with E-state index in [4.69, 9.17) is 10.6 Å². The molecule has 3 nitrogen and oxygen atoms in total. The number of nitrogens with one attached hydrogen (secondary N) is 1. The van der Waals surface area contributed by atoms with Crippen LogP contribution in [-0.2, 0) is 6.42 Å². The van der Waals surface area contributed by atoms with Crippen molar-refractivity contribution in [2.24, 2.45) is 5.84 Å². The van der Waals surface area contributed by atoms with Gasteiger partial charge in [-0.1, -0.05) is 12.1 Å². The van der Waals surface area contributed by atoms with Crippen LogP contribution in [0, 0.1) is 6.92 Å². The van der Waals surface area contributed by atoms with Gasteiger partial charge in [0.05, 0.1) is 7.11 Å². The molecule has 0 saturated heterocycles. The Morgan fingerprint density at radius 2 is 2.00 bits per heavy atom. The summed E-state index contributed by atoms with van der Waals surface area (Å²) >= 11 is 1.76. The summed E-state index contributed by atoms with van der Waals surface area (Å²) < 4.78 is 5.16. The van der Waals surface area contributed by atoms with Crippen molar-refractivity contribution in [2.75, 3.05) is 7.11 Å². The SMILES string of the molecule is COc1ccc(CCC(NN)c2ccsc2C)cc1. The lowest BCUT2D eigenvalue weighted by Gasteiger charge is -2.16. The van der Waals surface area contributed by atoms with Gasteiger partial charge in [0.2, 0.25) is 0 Å². The zero-order valence-corrected chi connectivity index (χ0v) is 12.2. The molecule has 0 radical (unpaired) electrons. The van der Waals surface area contributed by atoms with Gasteiger partial charge < -0.3 is 4.74 Å². The first-order valence-electron chi connectivity index (χ1n) is 6.37. The Hall–Kier alpha value is -1.36. The molecule has 0 bridgehead atoms. The number of nitrogens with two attached hydrogens (primary N) is 1. The Bertz CT molecular complexity index is 507. The maximum atomic E-state index is 5.68. The highest BCUT2D eigenvalue weighted by atomic mass is 32.1. The normalized spacial score (nSPS) is 12.4. The summed E-state index contributed by atoms with van der Waals surface area (Å²) in [7, 11) is 1.68. The highest BCUT2D eigenvalue weighted by Gasteiger charge is 2.13. The quantitative estimate of drug-likeness (QED) is 0.629. The molecule has 2 aromatic rings. The number of rotatable bonds is 6. The van der Waals surface area contributed by atoms with Crippen molar-refractivity contribution in [3.63, 3.8) is 0 Å². The first-order valence-corrected chi connectivity index (χ1v) is 7.25. The lowest BCUT2D eigenvalue weighted by Crippen LogP contribution is -2.28. The number of aryl methyl sites for hydroxylation is 2. The van der Waals surface area contributed by atoms with Crippen LogP contribution in [0.5, 0.6) is 5.75 Å². The van der Waals surface area contributed by atoms with Gasteiger partial charge in [0.1, 0.15) is 5.75 Å². The molecule has 4 heteroatoms. The van der Waals surface area contributed by atoms with Crippen LogP contribution in [-0.4, -0.2) is 7.11 Å². The zero-order chi connectivity index (χ0) is 13.7. The predicted molar refractivity (Wildman–Crippen MR) is 80.4 cm³/mol. The fourth-order valence-electron chi connectivity index (χ4n) is 2.19. The summed E-state index contributed by atoms with van der Waals surface area (Å²) in [6, 6.07) is 10.6. The van der Waals surface area contributed by atoms with Crippen molar-refractivity contribution in [1.29, 1.82) is 0 Å². The van der Waals surface area contributed by atoms with E-state index in [-0.39, 0.29) is 6.04 Å². The number of methoxy groups -OCH3 is 1. The minimum absolute atomic E-state index is 0.216. The standard InChI is InChI=1S/C15H20N2OS/c1-11-14(9-10-19-11)15(17-16)8-5-12-3-6-13(18-2)7-4-12/h3-4,6-7,9-10,15,17H,5,8,16H2,1-2H3. The van der Waals surface area contributed by atoms with Crippen molar-refractivity contribution in [3.05, 3.63) is 51.7 Å². The van der Waals surface area contributed by atoms with Crippen LogP contribution < -0.4 is 16.0 Å². The minimum atomic E-state index is 0.216. The van der Waals surface area contributed by atoms with Gasteiger partial charge in [-0.3, -0.25) is 11.3 Å². The number of hydrogen-bond acceptors (Lipinski definition) is 4. The molecule has 0 spiro atoms. The molecule has 0 aliphatic carbocycles. The van der Waals surface area contributed by atoms with E-state index in [1.54, 1.807) is 18.4 Å². The molecule has 3 N–H and O–H groups in total. The zero-order valence-electron chi connectivity index (χ0n) is 11.3. The molecule has 1 heterocycles. The van der Waals surface area contributed by atoms with Gasteiger partial charge in [0.15, 0.2) is 0 Å². The van der Waals surface area contributed by atoms with Gasteiger partial charge in [-0.25, -0.2) is 0 Å². The molecule has 0 fully saturated rings. The van der Waals surface area contributed by atoms with E-state index in [0.29, 0.717) is 0 Å². The van der Waals surface area contributed by atoms with Crippen LogP contribution in [0.4, 0.5) is 0 Å². The highest BCUT2D eigenvalue weighted by Crippen LogP contribution is 2.25. The minimum Gasteiger partial charge on any atom is -0.497 e. The van der Waals surface area contributed by atoms with Gasteiger partial charge in [-0.15, -0.1) is 11.3 Å². The average Bonchev–Trinajstić information content (AvgIpc) is 2.87. The lowest BCUT2D eigenvalue weighted by atomic mass is 10.00. The number of hydrazine groups is 1. The molecule has 0 saturated carbocycles. The van der Waals surface area contributed by atoms with Crippen molar-refractivity contribution in [2.45, 2.75) is 25.8 Å². The van der Waals surface area contributed by atoms with Crippen LogP contribution in [0.3, 0.4) is 0 Å². The average molecular weight is 276 g/mol. The lowest BCUT2D eigenvalue weighted by molar-refractivity contribution is 0.414. The summed E-state index contributed by atoms with van der Waals surface area (Å²) in [5.74, 6) is 6.57. The second-order valence-corrected chi connectivity index (χ2v) is 5.66. The second kappa shape index (κ2) is 6.70. The topological polar surface area (TPSA) is 47.3 Å². The smallest absolute Gasteiger partial charge is 0.118 e. The maximum Gasteiger partial charge on any atom is 0.118 e. The Morgan fingerprint density at radius 1 is 1.26 bits per heavy atom. The monoisotopic (exact) mass is 276 g/mol. The molecule has 1 aromatic carbocycles. The Balaban J connectivity index is 1.98. The first kappa shape index (κ1) is 14.1. The van der Waals surface area contributed by atoms with Gasteiger partial charge in [-0.2, -0.15) is 0 Å². The third-order valence-electron chi connectivity index (χ3n) is 3.36. The van der Waals surface area contributed by atoms with Crippen LogP contribution in [0.25, 0.3) is 0 Å². The Morgan fingerprint density at radius 3 is 2.53 bits per heavy atom. The number of ether oxygens (including phenoxy) is 1. The van der Waals surface area contributed by atoms with Gasteiger partial charge in [0, 0.05) is 10.9 Å². The van der Waals surface area contributed by atoms with Gasteiger partial charge in [0.25, 0.3) is 0 Å². The largest absolute Gasteiger partial charge is 0.497 e. The molecule has 1 atom stereocenters. The third kappa shape index (κ3) is 3.56. The van der Waals surface area contributed by atoms with E-state index < -0.39 is 0 Å². The summed E-state index contributed by atoms with van der Waals surface area (Å²) in [6.07, 6.45) is 1.98. The highest BCUT2D eigenvalue weighted by molar-refractivity contribution is 7.10. The number of hydrogen-bond donors (Lipinski definition) is 2. The first-order chi connectivity index (χ1) is 9.24. The Kier molecular flexibility index (Phi) is 4.96. The van der Waals surface area contributed by atoms with Crippen molar-refractivity contribution in [1.82, 2.24) is 5.43 Å². The van der Waals surface area contributed by atoms with E-state index >= 15 is 0 Å². The van der Waals surface area contributed by atoms with Crippen molar-refractivity contribution < 1.29 is 4.74 Å². The molecular formula is C15H20N2OS. The molecule has 0 aliphatic rings. The second-order valence-electron chi connectivity index (χ2n) is 4.54. The van der Waals surface area contributed by atoms with Gasteiger partial charge >= 0.3 is 0 Å². The predicted octanol–water partition coefficient (Wildman–Crippen LogP) is 3.20. The number of thiophene rings is 1. The molecule has 1 aromatic heterocycles. The summed E-state index contributed by atoms with van der Waals surface area (Å²) in [5, 5.41) is 2.11. The molecule has 102 valence electrons. The summed E-state index contributed by atoms with van der Waals surface area (Å²) in [5.41, 5.74) is 5.53. The molecule has 19 heavy (non-hydrogen) atoms. The van der Waals surface area contributed by atoms with Crippen molar-refractivity contribution in [3.8, 4) is 5.75 Å². The molecule has 0 aliphatic heterocycles. The van der Waals surface area contributed by atoms with E-state index in [1.807, 2.05) is 12.1 Å². The summed E-state index contributed by atoms with van der Waals surface area (Å²) in [6.45, 7) is 2.14. The number of benzene rings is 1. The van der Waals surface area contributed by atoms with Gasteiger partial charge in [-0.05, 0) is 54.5 Å². The van der Waals surface area contributed by atoms with E-state index in [0.717, 1.165) is 18.6 Å². The van der Waals surface area contributed by atoms with Crippen LogP contribution in [0.15, 0.2) is 35.7 Å². The van der Waals surface area contributed by atoms with E-state index in [9.17, 15) is 0 Å². The third-order valence-corrected chi connectivity index (χ3v) is 4.22.